The number of likely N-dealkylation sites (tertiary alicyclic amines) is 1. The predicted molar refractivity (Wildman–Crippen MR) is 75.4 cm³/mol. The molecule has 2 aliphatic heterocycles. The van der Waals surface area contributed by atoms with Crippen molar-refractivity contribution in [2.75, 3.05) is 11.4 Å². The van der Waals surface area contributed by atoms with Gasteiger partial charge in [-0.25, -0.2) is 0 Å². The molecule has 1 saturated heterocycles. The second-order valence-corrected chi connectivity index (χ2v) is 5.94. The number of thioether (sulfide) groups is 1. The smallest absolute Gasteiger partial charge is 0.254 e. The molecule has 104 valence electrons. The maximum atomic E-state index is 12.4. The largest absolute Gasteiger partial charge is 0.297 e. The summed E-state index contributed by atoms with van der Waals surface area (Å²) in [5.74, 6) is -0.695. The van der Waals surface area contributed by atoms with E-state index in [2.05, 4.69) is 0 Å². The highest BCUT2D eigenvalue weighted by Gasteiger charge is 2.54. The topological polar surface area (TPSA) is 57.7 Å². The van der Waals surface area contributed by atoms with Crippen molar-refractivity contribution >= 4 is 35.2 Å². The molecular weight excluding hydrogens is 276 g/mol. The van der Waals surface area contributed by atoms with Crippen LogP contribution in [-0.4, -0.2) is 40.5 Å². The van der Waals surface area contributed by atoms with E-state index < -0.39 is 11.3 Å². The number of carbonyl (C=O) groups excluding carboxylic acids is 3. The van der Waals surface area contributed by atoms with Crippen molar-refractivity contribution in [1.29, 1.82) is 0 Å². The van der Waals surface area contributed by atoms with Gasteiger partial charge in [0.1, 0.15) is 11.3 Å². The van der Waals surface area contributed by atoms with E-state index in [0.29, 0.717) is 12.2 Å². The molecule has 2 heterocycles. The summed E-state index contributed by atoms with van der Waals surface area (Å²) < 4.78 is 0. The summed E-state index contributed by atoms with van der Waals surface area (Å²) >= 11 is 1.37. The van der Waals surface area contributed by atoms with Crippen LogP contribution in [0.3, 0.4) is 0 Å². The molecule has 0 spiro atoms. The zero-order valence-electron chi connectivity index (χ0n) is 11.2. The second kappa shape index (κ2) is 4.63. The lowest BCUT2D eigenvalue weighted by Gasteiger charge is -2.35. The van der Waals surface area contributed by atoms with Crippen LogP contribution in [0.25, 0.3) is 0 Å². The van der Waals surface area contributed by atoms with E-state index >= 15 is 0 Å². The molecule has 6 heteroatoms. The molecule has 0 bridgehead atoms. The van der Waals surface area contributed by atoms with Crippen LogP contribution in [0, 0.1) is 0 Å². The Kier molecular flexibility index (Phi) is 3.05. The highest BCUT2D eigenvalue weighted by atomic mass is 32.2. The van der Waals surface area contributed by atoms with Gasteiger partial charge in [0, 0.05) is 18.4 Å². The molecule has 3 rings (SSSR count). The first kappa shape index (κ1) is 13.2. The standard InChI is InChI=1S/C14H14N2O3S/c1-3-15-13(18)11-12(14(15)19)20-10-7-5-4-6-9(10)16(11)8(2)17/h4-7,11-12H,3H2,1-2H3. The van der Waals surface area contributed by atoms with Gasteiger partial charge in [0.25, 0.3) is 5.91 Å². The Morgan fingerprint density at radius 3 is 2.60 bits per heavy atom. The fourth-order valence-electron chi connectivity index (χ4n) is 2.77. The van der Waals surface area contributed by atoms with Crippen molar-refractivity contribution in [3.05, 3.63) is 24.3 Å². The number of amides is 3. The van der Waals surface area contributed by atoms with E-state index in [1.165, 1.54) is 28.5 Å². The van der Waals surface area contributed by atoms with Gasteiger partial charge in [-0.15, -0.1) is 11.8 Å². The average Bonchev–Trinajstić information content (AvgIpc) is 2.67. The molecule has 2 unspecified atom stereocenters. The fourth-order valence-corrected chi connectivity index (χ4v) is 4.08. The summed E-state index contributed by atoms with van der Waals surface area (Å²) in [7, 11) is 0. The number of benzene rings is 1. The second-order valence-electron chi connectivity index (χ2n) is 4.76. The van der Waals surface area contributed by atoms with Gasteiger partial charge in [-0.1, -0.05) is 12.1 Å². The number of nitrogens with zero attached hydrogens (tertiary/aromatic N) is 2. The Morgan fingerprint density at radius 2 is 1.95 bits per heavy atom. The first-order valence-corrected chi connectivity index (χ1v) is 7.35. The lowest BCUT2D eigenvalue weighted by atomic mass is 10.1. The molecule has 0 N–H and O–H groups in total. The highest BCUT2D eigenvalue weighted by molar-refractivity contribution is 8.01. The lowest BCUT2D eigenvalue weighted by Crippen LogP contribution is -2.50. The third kappa shape index (κ3) is 1.67. The van der Waals surface area contributed by atoms with Crippen LogP contribution in [-0.2, 0) is 14.4 Å². The Labute approximate surface area is 120 Å². The Bertz CT molecular complexity index is 616. The Morgan fingerprint density at radius 1 is 1.25 bits per heavy atom. The molecule has 0 aromatic heterocycles. The molecule has 3 amide bonds. The average molecular weight is 290 g/mol. The third-order valence-electron chi connectivity index (χ3n) is 3.63. The monoisotopic (exact) mass is 290 g/mol. The summed E-state index contributed by atoms with van der Waals surface area (Å²) in [4.78, 5) is 40.3. The zero-order valence-corrected chi connectivity index (χ0v) is 12.0. The van der Waals surface area contributed by atoms with E-state index in [9.17, 15) is 14.4 Å². The number of imide groups is 1. The number of likely N-dealkylation sites (N-methyl/N-ethyl adjacent to an activating group) is 1. The van der Waals surface area contributed by atoms with Gasteiger partial charge in [0.2, 0.25) is 11.8 Å². The van der Waals surface area contributed by atoms with Crippen LogP contribution in [0.5, 0.6) is 0 Å². The van der Waals surface area contributed by atoms with Crippen LogP contribution in [0.15, 0.2) is 29.2 Å². The number of carbonyl (C=O) groups is 3. The van der Waals surface area contributed by atoms with Gasteiger partial charge < -0.3 is 0 Å². The van der Waals surface area contributed by atoms with E-state index in [4.69, 9.17) is 0 Å². The first-order valence-electron chi connectivity index (χ1n) is 6.47. The normalized spacial score (nSPS) is 24.7. The van der Waals surface area contributed by atoms with Crippen molar-refractivity contribution in [1.82, 2.24) is 4.90 Å². The molecule has 1 fully saturated rings. The van der Waals surface area contributed by atoms with Crippen LogP contribution in [0.4, 0.5) is 5.69 Å². The van der Waals surface area contributed by atoms with Gasteiger partial charge in [-0.3, -0.25) is 24.2 Å². The van der Waals surface area contributed by atoms with Crippen molar-refractivity contribution in [3.63, 3.8) is 0 Å². The van der Waals surface area contributed by atoms with Crippen LogP contribution in [0.1, 0.15) is 13.8 Å². The van der Waals surface area contributed by atoms with Gasteiger partial charge in [-0.2, -0.15) is 0 Å². The molecule has 2 atom stereocenters. The number of anilines is 1. The van der Waals surface area contributed by atoms with Crippen molar-refractivity contribution in [2.45, 2.75) is 30.0 Å². The predicted octanol–water partition coefficient (Wildman–Crippen LogP) is 1.27. The molecule has 1 aromatic rings. The minimum Gasteiger partial charge on any atom is -0.297 e. The maximum absolute atomic E-state index is 12.4. The SMILES string of the molecule is CCN1C(=O)C2Sc3ccccc3N(C(C)=O)C2C1=O. The van der Waals surface area contributed by atoms with E-state index in [1.54, 1.807) is 6.92 Å². The van der Waals surface area contributed by atoms with Crippen molar-refractivity contribution in [2.24, 2.45) is 0 Å². The number of rotatable bonds is 1. The molecule has 20 heavy (non-hydrogen) atoms. The first-order chi connectivity index (χ1) is 9.56. The van der Waals surface area contributed by atoms with Crippen LogP contribution >= 0.6 is 11.8 Å². The summed E-state index contributed by atoms with van der Waals surface area (Å²) in [5, 5.41) is -0.527. The minimum atomic E-state index is -0.708. The summed E-state index contributed by atoms with van der Waals surface area (Å²) in [6, 6.07) is 6.67. The van der Waals surface area contributed by atoms with E-state index in [0.717, 1.165) is 4.90 Å². The van der Waals surface area contributed by atoms with E-state index in [-0.39, 0.29) is 17.7 Å². The zero-order chi connectivity index (χ0) is 14.4. The van der Waals surface area contributed by atoms with Gasteiger partial charge in [0.05, 0.1) is 5.69 Å². The van der Waals surface area contributed by atoms with Gasteiger partial charge >= 0.3 is 0 Å². The Hall–Kier alpha value is -1.82. The maximum Gasteiger partial charge on any atom is 0.254 e. The van der Waals surface area contributed by atoms with Gasteiger partial charge in [-0.05, 0) is 19.1 Å². The van der Waals surface area contributed by atoms with Crippen LogP contribution in [0.2, 0.25) is 0 Å². The molecule has 0 aliphatic carbocycles. The third-order valence-corrected chi connectivity index (χ3v) is 4.94. The summed E-state index contributed by atoms with van der Waals surface area (Å²) in [6.45, 7) is 3.53. The molecule has 5 nitrogen and oxygen atoms in total. The minimum absolute atomic E-state index is 0.201. The fraction of sp³-hybridized carbons (Fsp3) is 0.357. The number of hydrogen-bond donors (Lipinski definition) is 0. The summed E-state index contributed by atoms with van der Waals surface area (Å²) in [6.07, 6.45) is 0. The quantitative estimate of drug-likeness (QED) is 0.731. The number of fused-ring (bicyclic) bond motifs is 2. The highest BCUT2D eigenvalue weighted by Crippen LogP contribution is 2.45. The molecule has 1 aromatic carbocycles. The molecule has 0 radical (unpaired) electrons. The van der Waals surface area contributed by atoms with Gasteiger partial charge in [0.15, 0.2) is 0 Å². The van der Waals surface area contributed by atoms with Crippen molar-refractivity contribution in [3.8, 4) is 0 Å². The number of hydrogen-bond acceptors (Lipinski definition) is 4. The molecule has 0 saturated carbocycles. The van der Waals surface area contributed by atoms with E-state index in [1.807, 2.05) is 24.3 Å². The summed E-state index contributed by atoms with van der Waals surface area (Å²) in [5.41, 5.74) is 0.713. The van der Waals surface area contributed by atoms with Crippen molar-refractivity contribution < 1.29 is 14.4 Å². The lowest BCUT2D eigenvalue weighted by molar-refractivity contribution is -0.138. The molecule has 2 aliphatic rings. The Balaban J connectivity index is 2.14. The molecular formula is C14H14N2O3S. The number of para-hydroxylation sites is 1. The van der Waals surface area contributed by atoms with Crippen LogP contribution < -0.4 is 4.90 Å².